The fraction of sp³-hybridized carbons (Fsp3) is 0.444. The SMILES string of the molecule is CC(C)C(NC(=O)OC(C)(C)C)c1nc2cc(-c3cnoc3)sc2c(=O)[nH]1. The zero-order valence-electron chi connectivity index (χ0n) is 15.8. The maximum Gasteiger partial charge on any atom is 0.408 e. The van der Waals surface area contributed by atoms with Crippen LogP contribution in [0.3, 0.4) is 0 Å². The van der Waals surface area contributed by atoms with Crippen molar-refractivity contribution in [3.05, 3.63) is 34.7 Å². The molecule has 27 heavy (non-hydrogen) atoms. The molecule has 0 saturated heterocycles. The molecule has 3 heterocycles. The highest BCUT2D eigenvalue weighted by Gasteiger charge is 2.25. The van der Waals surface area contributed by atoms with Gasteiger partial charge in [-0.05, 0) is 32.8 Å². The monoisotopic (exact) mass is 390 g/mol. The normalized spacial score (nSPS) is 13.1. The lowest BCUT2D eigenvalue weighted by Gasteiger charge is -2.25. The molecule has 144 valence electrons. The van der Waals surface area contributed by atoms with E-state index in [1.165, 1.54) is 17.6 Å². The molecule has 8 nitrogen and oxygen atoms in total. The average molecular weight is 390 g/mol. The van der Waals surface area contributed by atoms with Crippen molar-refractivity contribution in [1.82, 2.24) is 20.4 Å². The van der Waals surface area contributed by atoms with Crippen molar-refractivity contribution < 1.29 is 14.1 Å². The third kappa shape index (κ3) is 4.36. The number of amides is 1. The van der Waals surface area contributed by atoms with Gasteiger partial charge in [0.05, 0.1) is 23.3 Å². The van der Waals surface area contributed by atoms with E-state index in [-0.39, 0.29) is 11.5 Å². The van der Waals surface area contributed by atoms with E-state index in [9.17, 15) is 9.59 Å². The zero-order chi connectivity index (χ0) is 19.8. The molecular weight excluding hydrogens is 368 g/mol. The molecule has 0 saturated carbocycles. The van der Waals surface area contributed by atoms with E-state index in [1.807, 2.05) is 19.9 Å². The van der Waals surface area contributed by atoms with Crippen LogP contribution >= 0.6 is 11.3 Å². The molecule has 3 aromatic rings. The number of H-pyrrole nitrogens is 1. The summed E-state index contributed by atoms with van der Waals surface area (Å²) in [5, 5.41) is 6.49. The number of carbonyl (C=O) groups is 1. The van der Waals surface area contributed by atoms with E-state index in [2.05, 4.69) is 20.4 Å². The number of hydrogen-bond acceptors (Lipinski definition) is 7. The van der Waals surface area contributed by atoms with E-state index >= 15 is 0 Å². The highest BCUT2D eigenvalue weighted by atomic mass is 32.1. The molecule has 1 amide bonds. The number of nitrogens with zero attached hydrogens (tertiary/aromatic N) is 2. The van der Waals surface area contributed by atoms with Gasteiger partial charge in [0.1, 0.15) is 22.4 Å². The first kappa shape index (κ1) is 19.1. The lowest BCUT2D eigenvalue weighted by Crippen LogP contribution is -2.38. The van der Waals surface area contributed by atoms with Crippen LogP contribution in [0.5, 0.6) is 0 Å². The molecular formula is C18H22N4O4S. The molecule has 0 radical (unpaired) electrons. The number of aromatic amines is 1. The molecule has 0 aliphatic carbocycles. The number of ether oxygens (including phenoxy) is 1. The van der Waals surface area contributed by atoms with Crippen molar-refractivity contribution in [3.63, 3.8) is 0 Å². The number of nitrogens with one attached hydrogen (secondary N) is 2. The molecule has 0 aliphatic rings. The average Bonchev–Trinajstić information content (AvgIpc) is 3.19. The Hall–Kier alpha value is -2.68. The highest BCUT2D eigenvalue weighted by molar-refractivity contribution is 7.22. The molecule has 0 fully saturated rings. The first-order valence-corrected chi connectivity index (χ1v) is 9.39. The second-order valence-corrected chi connectivity index (χ2v) is 8.61. The molecule has 1 unspecified atom stereocenters. The van der Waals surface area contributed by atoms with Gasteiger partial charge < -0.3 is 19.6 Å². The van der Waals surface area contributed by atoms with Crippen molar-refractivity contribution in [2.75, 3.05) is 0 Å². The van der Waals surface area contributed by atoms with E-state index in [1.54, 1.807) is 27.0 Å². The van der Waals surface area contributed by atoms with Gasteiger partial charge in [0.2, 0.25) is 0 Å². The number of fused-ring (bicyclic) bond motifs is 1. The van der Waals surface area contributed by atoms with Gasteiger partial charge in [-0.2, -0.15) is 0 Å². The van der Waals surface area contributed by atoms with Crippen LogP contribution in [0.4, 0.5) is 4.79 Å². The fourth-order valence-corrected chi connectivity index (χ4v) is 3.52. The highest BCUT2D eigenvalue weighted by Crippen LogP contribution is 2.31. The van der Waals surface area contributed by atoms with Crippen LogP contribution in [-0.2, 0) is 4.74 Å². The maximum absolute atomic E-state index is 12.6. The lowest BCUT2D eigenvalue weighted by atomic mass is 10.0. The van der Waals surface area contributed by atoms with Gasteiger partial charge in [0.15, 0.2) is 0 Å². The van der Waals surface area contributed by atoms with E-state index in [4.69, 9.17) is 9.26 Å². The summed E-state index contributed by atoms with van der Waals surface area (Å²) >= 11 is 1.31. The summed E-state index contributed by atoms with van der Waals surface area (Å²) in [4.78, 5) is 32.9. The van der Waals surface area contributed by atoms with Gasteiger partial charge in [-0.25, -0.2) is 9.78 Å². The Balaban J connectivity index is 1.95. The summed E-state index contributed by atoms with van der Waals surface area (Å²) < 4.78 is 10.7. The largest absolute Gasteiger partial charge is 0.444 e. The Labute approximate surface area is 159 Å². The predicted molar refractivity (Wildman–Crippen MR) is 103 cm³/mol. The van der Waals surface area contributed by atoms with Crippen molar-refractivity contribution in [3.8, 4) is 10.4 Å². The minimum atomic E-state index is -0.614. The molecule has 1 atom stereocenters. The minimum Gasteiger partial charge on any atom is -0.444 e. The van der Waals surface area contributed by atoms with Crippen LogP contribution in [0.25, 0.3) is 20.7 Å². The fourth-order valence-electron chi connectivity index (χ4n) is 2.56. The summed E-state index contributed by atoms with van der Waals surface area (Å²) in [5.41, 5.74) is 0.481. The summed E-state index contributed by atoms with van der Waals surface area (Å²) in [6, 6.07) is 1.33. The van der Waals surface area contributed by atoms with Gasteiger partial charge in [-0.1, -0.05) is 19.0 Å². The van der Waals surface area contributed by atoms with Gasteiger partial charge in [0, 0.05) is 4.88 Å². The summed E-state index contributed by atoms with van der Waals surface area (Å²) in [5.74, 6) is 0.386. The number of alkyl carbamates (subject to hydrolysis) is 1. The molecule has 0 aliphatic heterocycles. The molecule has 0 spiro atoms. The molecule has 9 heteroatoms. The molecule has 0 aromatic carbocycles. The van der Waals surface area contributed by atoms with Gasteiger partial charge in [0.25, 0.3) is 5.56 Å². The van der Waals surface area contributed by atoms with Crippen molar-refractivity contribution in [2.45, 2.75) is 46.3 Å². The van der Waals surface area contributed by atoms with Crippen LogP contribution in [0.2, 0.25) is 0 Å². The van der Waals surface area contributed by atoms with Crippen molar-refractivity contribution in [1.29, 1.82) is 0 Å². The quantitative estimate of drug-likeness (QED) is 0.700. The maximum atomic E-state index is 12.6. The Morgan fingerprint density at radius 2 is 2.11 bits per heavy atom. The van der Waals surface area contributed by atoms with E-state index in [0.717, 1.165) is 10.4 Å². The Bertz CT molecular complexity index is 999. The predicted octanol–water partition coefficient (Wildman–Crippen LogP) is 3.86. The minimum absolute atomic E-state index is 0.00528. The second kappa shape index (κ2) is 7.15. The summed E-state index contributed by atoms with van der Waals surface area (Å²) in [7, 11) is 0. The molecule has 2 N–H and O–H groups in total. The number of hydrogen-bond donors (Lipinski definition) is 2. The Morgan fingerprint density at radius 1 is 1.37 bits per heavy atom. The molecule has 0 bridgehead atoms. The number of aromatic nitrogens is 3. The Morgan fingerprint density at radius 3 is 2.70 bits per heavy atom. The second-order valence-electron chi connectivity index (χ2n) is 7.56. The molecule has 3 rings (SSSR count). The summed E-state index contributed by atoms with van der Waals surface area (Å²) in [6.07, 6.45) is 2.54. The number of carbonyl (C=O) groups excluding carboxylic acids is 1. The third-order valence-corrected chi connectivity index (χ3v) is 4.92. The Kier molecular flexibility index (Phi) is 5.05. The number of thiophene rings is 1. The molecule has 3 aromatic heterocycles. The number of rotatable bonds is 4. The van der Waals surface area contributed by atoms with E-state index < -0.39 is 17.7 Å². The smallest absolute Gasteiger partial charge is 0.408 e. The first-order chi connectivity index (χ1) is 12.6. The van der Waals surface area contributed by atoms with Crippen LogP contribution in [-0.4, -0.2) is 26.8 Å². The van der Waals surface area contributed by atoms with Crippen LogP contribution in [0, 0.1) is 5.92 Å². The van der Waals surface area contributed by atoms with Crippen LogP contribution in [0.15, 0.2) is 27.8 Å². The van der Waals surface area contributed by atoms with Crippen molar-refractivity contribution in [2.24, 2.45) is 5.92 Å². The van der Waals surface area contributed by atoms with Gasteiger partial charge >= 0.3 is 6.09 Å². The van der Waals surface area contributed by atoms with E-state index in [0.29, 0.717) is 16.0 Å². The zero-order valence-corrected chi connectivity index (χ0v) is 16.6. The topological polar surface area (TPSA) is 110 Å². The van der Waals surface area contributed by atoms with Crippen molar-refractivity contribution >= 4 is 27.6 Å². The van der Waals surface area contributed by atoms with Gasteiger partial charge in [-0.3, -0.25) is 4.79 Å². The lowest BCUT2D eigenvalue weighted by molar-refractivity contribution is 0.0486. The van der Waals surface area contributed by atoms with Crippen LogP contribution in [0.1, 0.15) is 46.5 Å². The standard InChI is InChI=1S/C18H22N4O4S/c1-9(2)13(21-17(24)26-18(3,4)5)15-20-11-6-12(10-7-19-25-8-10)27-14(11)16(23)22-15/h6-9,13H,1-5H3,(H,21,24)(H,20,22,23). The van der Waals surface area contributed by atoms with Crippen LogP contribution < -0.4 is 10.9 Å². The summed E-state index contributed by atoms with van der Waals surface area (Å²) in [6.45, 7) is 9.24. The first-order valence-electron chi connectivity index (χ1n) is 8.57. The van der Waals surface area contributed by atoms with Gasteiger partial charge in [-0.15, -0.1) is 11.3 Å². The third-order valence-electron chi connectivity index (χ3n) is 3.75.